The average molecular weight is 256 g/mol. The van der Waals surface area contributed by atoms with Gasteiger partial charge in [-0.25, -0.2) is 4.79 Å². The second kappa shape index (κ2) is 7.72. The summed E-state index contributed by atoms with van der Waals surface area (Å²) in [5.41, 5.74) is 1.13. The minimum Gasteiger partial charge on any atom is -0.871 e. The number of aryl methyl sites for hydroxylation is 2. The molecule has 0 radical (unpaired) electrons. The number of rotatable bonds is 4. The van der Waals surface area contributed by atoms with E-state index in [0.717, 1.165) is 0 Å². The summed E-state index contributed by atoms with van der Waals surface area (Å²) < 4.78 is 4.48. The van der Waals surface area contributed by atoms with Gasteiger partial charge >= 0.3 is 24.8 Å². The molecule has 0 amide bonds. The Balaban J connectivity index is 0.00000324. The largest absolute Gasteiger partial charge is 1.00 e. The van der Waals surface area contributed by atoms with Gasteiger partial charge in [-0.3, -0.25) is 14.8 Å². The molecule has 0 bridgehead atoms. The molecule has 6 nitrogen and oxygen atoms in total. The van der Waals surface area contributed by atoms with Crippen molar-refractivity contribution in [3.05, 3.63) is 29.4 Å². The summed E-state index contributed by atoms with van der Waals surface area (Å²) in [6.45, 7) is 5.00. The molecule has 0 saturated heterocycles. The molecule has 0 unspecified atom stereocenters. The van der Waals surface area contributed by atoms with Crippen LogP contribution in [0.15, 0.2) is 12.3 Å². The van der Waals surface area contributed by atoms with E-state index in [0.29, 0.717) is 17.5 Å². The number of nitrogens with zero attached hydrogens (tertiary/aromatic N) is 2. The van der Waals surface area contributed by atoms with Crippen molar-refractivity contribution < 1.29 is 38.3 Å². The maximum absolute atomic E-state index is 11.7. The van der Waals surface area contributed by atoms with E-state index >= 15 is 0 Å². The molecule has 1 aromatic heterocycles. The number of hydrogen-bond acceptors (Lipinski definition) is 6. The second-order valence-corrected chi connectivity index (χ2v) is 3.54. The van der Waals surface area contributed by atoms with Gasteiger partial charge in [0.15, 0.2) is 0 Å². The molecule has 7 heteroatoms. The minimum absolute atomic E-state index is 0. The SMILES string of the molecule is CCOC(=O)C(=O)/C=C(/[O-])c1ncc(C)nc1C.[Li+]. The first kappa shape index (κ1) is 17.4. The number of ketones is 1. The normalized spacial score (nSPS) is 10.6. The van der Waals surface area contributed by atoms with Crippen LogP contribution in [0.1, 0.15) is 24.0 Å². The summed E-state index contributed by atoms with van der Waals surface area (Å²) in [4.78, 5) is 30.3. The molecule has 0 spiro atoms. The Kier molecular flexibility index (Phi) is 7.05. The Hall–Kier alpha value is -1.64. The van der Waals surface area contributed by atoms with Crippen LogP contribution in [0.2, 0.25) is 0 Å². The quantitative estimate of drug-likeness (QED) is 0.187. The first-order chi connectivity index (χ1) is 8.45. The first-order valence-corrected chi connectivity index (χ1v) is 5.36. The zero-order valence-electron chi connectivity index (χ0n) is 11.4. The maximum Gasteiger partial charge on any atom is 1.00 e. The van der Waals surface area contributed by atoms with E-state index in [2.05, 4.69) is 14.7 Å². The molecule has 1 heterocycles. The third kappa shape index (κ3) is 4.85. The van der Waals surface area contributed by atoms with Crippen LogP contribution in [0.5, 0.6) is 0 Å². The predicted molar refractivity (Wildman–Crippen MR) is 61.1 cm³/mol. The van der Waals surface area contributed by atoms with Crippen molar-refractivity contribution >= 4 is 17.5 Å². The average Bonchev–Trinajstić information content (AvgIpc) is 2.28. The van der Waals surface area contributed by atoms with E-state index in [1.165, 1.54) is 6.20 Å². The Bertz CT molecular complexity index is 514. The van der Waals surface area contributed by atoms with Crippen molar-refractivity contribution in [3.63, 3.8) is 0 Å². The number of carbonyl (C=O) groups excluding carboxylic acids is 2. The molecule has 0 aromatic carbocycles. The van der Waals surface area contributed by atoms with E-state index in [1.807, 2.05) is 0 Å². The van der Waals surface area contributed by atoms with Gasteiger partial charge in [0.05, 0.1) is 23.7 Å². The van der Waals surface area contributed by atoms with Crippen LogP contribution in [0.4, 0.5) is 0 Å². The van der Waals surface area contributed by atoms with Crippen molar-refractivity contribution in [1.82, 2.24) is 9.97 Å². The monoisotopic (exact) mass is 256 g/mol. The number of aromatic nitrogens is 2. The molecule has 19 heavy (non-hydrogen) atoms. The van der Waals surface area contributed by atoms with Gasteiger partial charge in [0.2, 0.25) is 0 Å². The first-order valence-electron chi connectivity index (χ1n) is 5.36. The smallest absolute Gasteiger partial charge is 0.871 e. The summed E-state index contributed by atoms with van der Waals surface area (Å²) in [7, 11) is 0. The summed E-state index contributed by atoms with van der Waals surface area (Å²) in [5.74, 6) is -2.70. The Labute approximate surface area is 123 Å². The molecule has 0 aliphatic carbocycles. The number of ether oxygens (including phenoxy) is 1. The fourth-order valence-electron chi connectivity index (χ4n) is 1.29. The molecular weight excluding hydrogens is 243 g/mol. The fraction of sp³-hybridized carbons (Fsp3) is 0.333. The van der Waals surface area contributed by atoms with E-state index < -0.39 is 17.5 Å². The third-order valence-electron chi connectivity index (χ3n) is 2.04. The van der Waals surface area contributed by atoms with Crippen molar-refractivity contribution in [2.45, 2.75) is 20.8 Å². The van der Waals surface area contributed by atoms with Gasteiger partial charge in [0.25, 0.3) is 5.78 Å². The molecule has 96 valence electrons. The van der Waals surface area contributed by atoms with Crippen molar-refractivity contribution in [1.29, 1.82) is 0 Å². The van der Waals surface area contributed by atoms with Crippen molar-refractivity contribution in [2.24, 2.45) is 0 Å². The predicted octanol–water partition coefficient (Wildman–Crippen LogP) is -3.07. The molecule has 0 N–H and O–H groups in total. The summed E-state index contributed by atoms with van der Waals surface area (Å²) >= 11 is 0. The molecule has 1 rings (SSSR count). The van der Waals surface area contributed by atoms with Crippen LogP contribution in [0.25, 0.3) is 5.76 Å². The Morgan fingerprint density at radius 2 is 2.05 bits per heavy atom. The summed E-state index contributed by atoms with van der Waals surface area (Å²) in [6, 6.07) is 0. The molecule has 0 fully saturated rings. The molecule has 1 aromatic rings. The van der Waals surface area contributed by atoms with Crippen molar-refractivity contribution in [2.75, 3.05) is 6.61 Å². The molecule has 0 saturated carbocycles. The van der Waals surface area contributed by atoms with Gasteiger partial charge < -0.3 is 9.84 Å². The van der Waals surface area contributed by atoms with Crippen LogP contribution >= 0.6 is 0 Å². The van der Waals surface area contributed by atoms with E-state index in [1.54, 1.807) is 20.8 Å². The summed E-state index contributed by atoms with van der Waals surface area (Å²) in [6.07, 6.45) is 2.09. The minimum atomic E-state index is -1.05. The third-order valence-corrected chi connectivity index (χ3v) is 2.04. The van der Waals surface area contributed by atoms with Crippen LogP contribution in [-0.4, -0.2) is 28.3 Å². The van der Waals surface area contributed by atoms with Gasteiger partial charge in [-0.15, -0.1) is 0 Å². The Morgan fingerprint density at radius 1 is 1.42 bits per heavy atom. The number of carbonyl (C=O) groups is 2. The van der Waals surface area contributed by atoms with Gasteiger partial charge in [-0.2, -0.15) is 0 Å². The van der Waals surface area contributed by atoms with Crippen LogP contribution in [-0.2, 0) is 14.3 Å². The van der Waals surface area contributed by atoms with E-state index in [-0.39, 0.29) is 31.2 Å². The van der Waals surface area contributed by atoms with Gasteiger partial charge in [0, 0.05) is 6.20 Å². The van der Waals surface area contributed by atoms with E-state index in [4.69, 9.17) is 0 Å². The molecule has 0 aliphatic heterocycles. The summed E-state index contributed by atoms with van der Waals surface area (Å²) in [5, 5.41) is 11.7. The molecule has 0 atom stereocenters. The molecule has 0 aliphatic rings. The Morgan fingerprint density at radius 3 is 2.58 bits per heavy atom. The zero-order chi connectivity index (χ0) is 13.7. The van der Waals surface area contributed by atoms with Crippen LogP contribution < -0.4 is 24.0 Å². The second-order valence-electron chi connectivity index (χ2n) is 3.54. The topological polar surface area (TPSA) is 92.2 Å². The van der Waals surface area contributed by atoms with Gasteiger partial charge in [0.1, 0.15) is 0 Å². The zero-order valence-corrected chi connectivity index (χ0v) is 11.4. The number of hydrogen-bond donors (Lipinski definition) is 0. The standard InChI is InChI=1S/C12H14N2O4.Li/c1-4-18-12(17)10(16)5-9(15)11-8(3)14-7(2)6-13-11;/h5-6,15H,4H2,1-3H3;/q;+1/p-1/b9-5+;. The van der Waals surface area contributed by atoms with Crippen LogP contribution in [0, 0.1) is 13.8 Å². The maximum atomic E-state index is 11.7. The fourth-order valence-corrected chi connectivity index (χ4v) is 1.29. The van der Waals surface area contributed by atoms with Gasteiger partial charge in [-0.05, 0) is 26.8 Å². The van der Waals surface area contributed by atoms with Gasteiger partial charge in [-0.1, -0.05) is 5.76 Å². The number of esters is 1. The molecular formula is C12H13LiN2O4. The van der Waals surface area contributed by atoms with Crippen molar-refractivity contribution in [3.8, 4) is 0 Å². The van der Waals surface area contributed by atoms with Crippen LogP contribution in [0.3, 0.4) is 0 Å². The van der Waals surface area contributed by atoms with E-state index in [9.17, 15) is 14.7 Å².